The summed E-state index contributed by atoms with van der Waals surface area (Å²) in [5.74, 6) is 0.681. The Hall–Kier alpha value is -6.51. The number of benzene rings is 2. The van der Waals surface area contributed by atoms with Crippen molar-refractivity contribution >= 4 is 44.4 Å². The van der Waals surface area contributed by atoms with Crippen LogP contribution in [0, 0.1) is 11.3 Å². The maximum atomic E-state index is 9.77. The lowest BCUT2D eigenvalue weighted by Crippen LogP contribution is -2.05. The van der Waals surface area contributed by atoms with Crippen molar-refractivity contribution in [1.29, 1.82) is 5.26 Å². The van der Waals surface area contributed by atoms with Crippen LogP contribution in [0.1, 0.15) is 16.8 Å². The fourth-order valence-electron chi connectivity index (χ4n) is 5.70. The van der Waals surface area contributed by atoms with Gasteiger partial charge in [-0.3, -0.25) is 18.8 Å². The molecule has 0 saturated heterocycles. The van der Waals surface area contributed by atoms with Crippen LogP contribution < -0.4 is 16.4 Å². The highest BCUT2D eigenvalue weighted by Gasteiger charge is 2.17. The highest BCUT2D eigenvalue weighted by atomic mass is 79.9. The number of anilines is 3. The minimum Gasteiger partial charge on any atom is -0.384 e. The molecule has 50 heavy (non-hydrogen) atoms. The Morgan fingerprint density at radius 1 is 0.680 bits per heavy atom. The molecule has 6 aromatic heterocycles. The molecule has 2 aromatic carbocycles. The van der Waals surface area contributed by atoms with Gasteiger partial charge in [0, 0.05) is 61.4 Å². The van der Waals surface area contributed by atoms with Crippen LogP contribution in [0.5, 0.6) is 0 Å². The molecule has 8 rings (SSSR count). The van der Waals surface area contributed by atoms with Gasteiger partial charge in [0.2, 0.25) is 0 Å². The first kappa shape index (κ1) is 32.1. The molecule has 0 atom stereocenters. The van der Waals surface area contributed by atoms with Gasteiger partial charge in [-0.15, -0.1) is 0 Å². The Labute approximate surface area is 297 Å². The molecule has 0 aliphatic heterocycles. The number of nitrogens with zero attached hydrogens (tertiary/aromatic N) is 7. The number of hydrogen-bond donors (Lipinski definition) is 3. The van der Waals surface area contributed by atoms with Crippen LogP contribution in [-0.4, -0.2) is 28.7 Å². The quantitative estimate of drug-likeness (QED) is 0.143. The SMILES string of the molecule is N#Cc1c(-c2ccccc2)cc(NCc2cccnc2)c2ncc(Br)n12.Nc1c(-c2ccccc2)cc(NCc2cccnc2)c2nccn12. The zero-order valence-corrected chi connectivity index (χ0v) is 28.4. The summed E-state index contributed by atoms with van der Waals surface area (Å²) in [6, 6.07) is 34.3. The summed E-state index contributed by atoms with van der Waals surface area (Å²) in [4.78, 5) is 17.2. The number of halogens is 1. The fraction of sp³-hybridized carbons (Fsp3) is 0.0513. The number of nitrogen functional groups attached to an aromatic ring is 1. The fourth-order valence-corrected chi connectivity index (χ4v) is 6.15. The molecule has 0 aliphatic rings. The predicted molar refractivity (Wildman–Crippen MR) is 201 cm³/mol. The minimum atomic E-state index is 0.544. The molecule has 10 nitrogen and oxygen atoms in total. The Morgan fingerprint density at radius 2 is 1.26 bits per heavy atom. The Bertz CT molecular complexity index is 2400. The highest BCUT2D eigenvalue weighted by Crippen LogP contribution is 2.33. The normalized spacial score (nSPS) is 10.7. The lowest BCUT2D eigenvalue weighted by molar-refractivity contribution is 1.08. The van der Waals surface area contributed by atoms with E-state index in [-0.39, 0.29) is 0 Å². The highest BCUT2D eigenvalue weighted by molar-refractivity contribution is 9.10. The standard InChI is InChI=1S/C20H14BrN5.C19H17N5/c21-19-13-25-20-17(24-12-14-5-4-8-23-11-14)9-16(18(10-22)26(19)20)15-6-2-1-3-7-15;20-18-16(15-6-2-1-3-7-15)11-17(19-22-9-10-24(18)19)23-13-14-5-4-8-21-12-14/h1-9,11,13,24H,12H2;1-12,23H,13,20H2. The number of nitrogens with two attached hydrogens (primary N) is 1. The third-order valence-corrected chi connectivity index (χ3v) is 8.68. The molecule has 11 heteroatoms. The molecule has 0 aliphatic carbocycles. The molecule has 0 saturated carbocycles. The molecule has 0 spiro atoms. The van der Waals surface area contributed by atoms with Gasteiger partial charge in [-0.25, -0.2) is 9.97 Å². The molecule has 8 aromatic rings. The van der Waals surface area contributed by atoms with Crippen molar-refractivity contribution in [2.45, 2.75) is 13.1 Å². The molecule has 0 radical (unpaired) electrons. The van der Waals surface area contributed by atoms with E-state index in [0.29, 0.717) is 30.2 Å². The number of imidazole rings is 2. The summed E-state index contributed by atoms with van der Waals surface area (Å²) in [6.45, 7) is 1.29. The molecule has 0 unspecified atom stereocenters. The van der Waals surface area contributed by atoms with Gasteiger partial charge in [0.15, 0.2) is 11.3 Å². The monoisotopic (exact) mass is 718 g/mol. The zero-order valence-electron chi connectivity index (χ0n) is 26.8. The topological polar surface area (TPSA) is 134 Å². The third kappa shape index (κ3) is 6.74. The second-order valence-corrected chi connectivity index (χ2v) is 12.1. The smallest absolute Gasteiger partial charge is 0.162 e. The average Bonchev–Trinajstić information content (AvgIpc) is 3.83. The summed E-state index contributed by atoms with van der Waals surface area (Å²) in [7, 11) is 0. The molecule has 244 valence electrons. The predicted octanol–water partition coefficient (Wildman–Crippen LogP) is 8.23. The number of fused-ring (bicyclic) bond motifs is 2. The van der Waals surface area contributed by atoms with E-state index in [2.05, 4.69) is 70.8 Å². The first-order valence-corrected chi connectivity index (χ1v) is 16.6. The second-order valence-electron chi connectivity index (χ2n) is 11.3. The minimum absolute atomic E-state index is 0.544. The Balaban J connectivity index is 0.000000157. The lowest BCUT2D eigenvalue weighted by atomic mass is 10.0. The van der Waals surface area contributed by atoms with E-state index in [9.17, 15) is 5.26 Å². The van der Waals surface area contributed by atoms with Crippen molar-refractivity contribution < 1.29 is 0 Å². The summed E-state index contributed by atoms with van der Waals surface area (Å²) in [5, 5.41) is 16.6. The van der Waals surface area contributed by atoms with Gasteiger partial charge in [-0.05, 0) is 62.4 Å². The number of hydrogen-bond acceptors (Lipinski definition) is 8. The summed E-state index contributed by atoms with van der Waals surface area (Å²) < 4.78 is 4.48. The largest absolute Gasteiger partial charge is 0.384 e. The number of nitriles is 1. The maximum absolute atomic E-state index is 9.77. The van der Waals surface area contributed by atoms with Crippen LogP contribution in [0.4, 0.5) is 17.2 Å². The molecule has 0 bridgehead atoms. The Morgan fingerprint density at radius 3 is 1.84 bits per heavy atom. The van der Waals surface area contributed by atoms with Crippen LogP contribution in [0.25, 0.3) is 33.5 Å². The van der Waals surface area contributed by atoms with Gasteiger partial charge in [-0.1, -0.05) is 72.8 Å². The van der Waals surface area contributed by atoms with E-state index < -0.39 is 0 Å². The molecule has 0 amide bonds. The Kier molecular flexibility index (Phi) is 9.44. The lowest BCUT2D eigenvalue weighted by Gasteiger charge is -2.14. The first-order chi connectivity index (χ1) is 24.6. The number of rotatable bonds is 8. The zero-order chi connectivity index (χ0) is 34.3. The third-order valence-electron chi connectivity index (χ3n) is 8.12. The summed E-state index contributed by atoms with van der Waals surface area (Å²) in [6.07, 6.45) is 12.6. The molecular weight excluding hydrogens is 688 g/mol. The van der Waals surface area contributed by atoms with Crippen LogP contribution in [0.3, 0.4) is 0 Å². The molecular formula is C39H31BrN10. The van der Waals surface area contributed by atoms with Gasteiger partial charge in [0.25, 0.3) is 0 Å². The van der Waals surface area contributed by atoms with Gasteiger partial charge >= 0.3 is 0 Å². The van der Waals surface area contributed by atoms with E-state index in [4.69, 9.17) is 5.73 Å². The maximum Gasteiger partial charge on any atom is 0.162 e. The number of aromatic nitrogens is 6. The average molecular weight is 720 g/mol. The second kappa shape index (κ2) is 14.7. The summed E-state index contributed by atoms with van der Waals surface area (Å²) >= 11 is 3.51. The molecule has 6 heterocycles. The first-order valence-electron chi connectivity index (χ1n) is 15.8. The van der Waals surface area contributed by atoms with Crippen LogP contribution in [-0.2, 0) is 13.1 Å². The van der Waals surface area contributed by atoms with Gasteiger partial charge < -0.3 is 16.4 Å². The van der Waals surface area contributed by atoms with Crippen LogP contribution in [0.15, 0.2) is 145 Å². The van der Waals surface area contributed by atoms with Crippen molar-refractivity contribution in [2.24, 2.45) is 0 Å². The number of nitrogens with one attached hydrogen (secondary N) is 2. The van der Waals surface area contributed by atoms with E-state index in [0.717, 1.165) is 55.0 Å². The van der Waals surface area contributed by atoms with Crippen molar-refractivity contribution in [2.75, 3.05) is 16.4 Å². The van der Waals surface area contributed by atoms with Crippen molar-refractivity contribution in [3.8, 4) is 28.3 Å². The van der Waals surface area contributed by atoms with Crippen molar-refractivity contribution in [3.05, 3.63) is 162 Å². The van der Waals surface area contributed by atoms with Gasteiger partial charge in [0.05, 0.1) is 17.6 Å². The number of pyridine rings is 4. The van der Waals surface area contributed by atoms with Gasteiger partial charge in [-0.2, -0.15) is 5.26 Å². The summed E-state index contributed by atoms with van der Waals surface area (Å²) in [5.41, 5.74) is 16.3. The van der Waals surface area contributed by atoms with E-state index in [1.165, 1.54) is 0 Å². The van der Waals surface area contributed by atoms with Crippen molar-refractivity contribution in [3.63, 3.8) is 0 Å². The molecule has 0 fully saturated rings. The van der Waals surface area contributed by atoms with Crippen LogP contribution >= 0.6 is 15.9 Å². The molecule has 4 N–H and O–H groups in total. The van der Waals surface area contributed by atoms with E-state index >= 15 is 0 Å². The van der Waals surface area contributed by atoms with Gasteiger partial charge in [0.1, 0.15) is 22.2 Å². The van der Waals surface area contributed by atoms with Crippen LogP contribution in [0.2, 0.25) is 0 Å². The van der Waals surface area contributed by atoms with Crippen molar-refractivity contribution in [1.82, 2.24) is 28.7 Å². The van der Waals surface area contributed by atoms with E-state index in [1.54, 1.807) is 24.8 Å². The van der Waals surface area contributed by atoms with E-state index in [1.807, 2.05) is 106 Å².